The van der Waals surface area contributed by atoms with E-state index in [0.29, 0.717) is 39.9 Å². The third-order valence-electron chi connectivity index (χ3n) is 5.28. The van der Waals surface area contributed by atoms with Gasteiger partial charge in [-0.2, -0.15) is 9.97 Å². The maximum atomic E-state index is 5.93. The Morgan fingerprint density at radius 2 is 1.64 bits per heavy atom. The van der Waals surface area contributed by atoms with Gasteiger partial charge in [-0.3, -0.25) is 4.72 Å². The molecule has 4 aromatic rings. The molecule has 0 fully saturated rings. The van der Waals surface area contributed by atoms with Gasteiger partial charge in [0.25, 0.3) is 0 Å². The van der Waals surface area contributed by atoms with Crippen molar-refractivity contribution in [1.82, 2.24) is 39.7 Å². The van der Waals surface area contributed by atoms with Crippen LogP contribution in [-0.4, -0.2) is 66.3 Å². The lowest BCUT2D eigenvalue weighted by molar-refractivity contribution is 0.368. The van der Waals surface area contributed by atoms with Gasteiger partial charge in [-0.25, -0.2) is 19.5 Å². The first-order valence-corrected chi connectivity index (χ1v) is 12.0. The smallest absolute Gasteiger partial charge is 0.245 e. The molecule has 0 saturated heterocycles. The van der Waals surface area contributed by atoms with Crippen molar-refractivity contribution in [2.24, 2.45) is 0 Å². The van der Waals surface area contributed by atoms with Gasteiger partial charge in [0.2, 0.25) is 23.6 Å². The standard InChI is InChI=1S/C22H24ClN9O3S/c1-12(18-24-9-14(23)10-25-18)13(2)36-31-22-30-29-19(15-7-6-8-16(28-15)33-3)32(22)17-20(34-4)26-11-27-21(17)35-5/h6-13H,1-5H3,(H,30,31). The van der Waals surface area contributed by atoms with Crippen LogP contribution in [0.5, 0.6) is 17.6 Å². The molecular weight excluding hydrogens is 506 g/mol. The molecule has 0 bridgehead atoms. The third kappa shape index (κ3) is 5.26. The maximum Gasteiger partial charge on any atom is 0.245 e. The zero-order chi connectivity index (χ0) is 25.7. The van der Waals surface area contributed by atoms with E-state index in [1.807, 2.05) is 13.0 Å². The first kappa shape index (κ1) is 25.4. The number of pyridine rings is 1. The number of hydrogen-bond donors (Lipinski definition) is 1. The summed E-state index contributed by atoms with van der Waals surface area (Å²) in [6.45, 7) is 4.09. The van der Waals surface area contributed by atoms with E-state index in [1.165, 1.54) is 32.5 Å². The monoisotopic (exact) mass is 529 g/mol. The molecule has 36 heavy (non-hydrogen) atoms. The molecule has 12 nitrogen and oxygen atoms in total. The molecular formula is C22H24ClN9O3S. The van der Waals surface area contributed by atoms with Crippen LogP contribution in [0.2, 0.25) is 5.02 Å². The molecule has 1 N–H and O–H groups in total. The largest absolute Gasteiger partial charge is 0.481 e. The van der Waals surface area contributed by atoms with Crippen molar-refractivity contribution in [3.05, 3.63) is 47.8 Å². The minimum Gasteiger partial charge on any atom is -0.481 e. The molecule has 0 aliphatic heterocycles. The lowest BCUT2D eigenvalue weighted by Gasteiger charge is -2.19. The predicted octanol–water partition coefficient (Wildman–Crippen LogP) is 3.84. The van der Waals surface area contributed by atoms with Gasteiger partial charge in [0.15, 0.2) is 11.5 Å². The Bertz CT molecular complexity index is 1300. The first-order chi connectivity index (χ1) is 17.5. The second-order valence-corrected chi connectivity index (χ2v) is 9.08. The van der Waals surface area contributed by atoms with Gasteiger partial charge < -0.3 is 14.2 Å². The molecule has 188 valence electrons. The SMILES string of the molecule is COc1cccc(-c2nnc(NSC(C)C(C)c3ncc(Cl)cn3)n2-c2c(OC)ncnc2OC)n1. The van der Waals surface area contributed by atoms with Crippen LogP contribution in [0.25, 0.3) is 17.2 Å². The van der Waals surface area contributed by atoms with Crippen LogP contribution in [0.15, 0.2) is 36.9 Å². The Hall–Kier alpha value is -3.71. The minimum atomic E-state index is 0.0137. The van der Waals surface area contributed by atoms with E-state index in [4.69, 9.17) is 25.8 Å². The van der Waals surface area contributed by atoms with Crippen LogP contribution < -0.4 is 18.9 Å². The molecule has 0 saturated carbocycles. The van der Waals surface area contributed by atoms with Crippen molar-refractivity contribution in [3.63, 3.8) is 0 Å². The topological polar surface area (TPSA) is 135 Å². The summed E-state index contributed by atoms with van der Waals surface area (Å²) in [5.41, 5.74) is 0.931. The number of nitrogens with zero attached hydrogens (tertiary/aromatic N) is 8. The van der Waals surface area contributed by atoms with Gasteiger partial charge in [-0.15, -0.1) is 10.2 Å². The Kier molecular flexibility index (Phi) is 8.00. The van der Waals surface area contributed by atoms with Crippen molar-refractivity contribution >= 4 is 29.5 Å². The van der Waals surface area contributed by atoms with Crippen LogP contribution in [0, 0.1) is 0 Å². The highest BCUT2D eigenvalue weighted by molar-refractivity contribution is 8.01. The van der Waals surface area contributed by atoms with E-state index in [2.05, 4.69) is 46.8 Å². The fourth-order valence-electron chi connectivity index (χ4n) is 3.23. The summed E-state index contributed by atoms with van der Waals surface area (Å²) in [7, 11) is 4.57. The molecule has 0 aliphatic rings. The third-order valence-corrected chi connectivity index (χ3v) is 6.55. The van der Waals surface area contributed by atoms with Crippen molar-refractivity contribution < 1.29 is 14.2 Å². The first-order valence-electron chi connectivity index (χ1n) is 10.8. The number of nitrogens with one attached hydrogen (secondary N) is 1. The van der Waals surface area contributed by atoms with Crippen LogP contribution in [-0.2, 0) is 0 Å². The van der Waals surface area contributed by atoms with Gasteiger partial charge in [-0.05, 0) is 18.0 Å². The van der Waals surface area contributed by atoms with E-state index in [-0.39, 0.29) is 22.9 Å². The summed E-state index contributed by atoms with van der Waals surface area (Å²) in [4.78, 5) is 21.7. The van der Waals surface area contributed by atoms with E-state index < -0.39 is 0 Å². The van der Waals surface area contributed by atoms with E-state index >= 15 is 0 Å². The second kappa shape index (κ2) is 11.4. The molecule has 4 rings (SSSR count). The van der Waals surface area contributed by atoms with E-state index in [1.54, 1.807) is 36.2 Å². The fourth-order valence-corrected chi connectivity index (χ4v) is 4.08. The molecule has 4 aromatic heterocycles. The normalized spacial score (nSPS) is 12.6. The molecule has 0 radical (unpaired) electrons. The fraction of sp³-hybridized carbons (Fsp3) is 0.318. The van der Waals surface area contributed by atoms with Crippen molar-refractivity contribution in [2.75, 3.05) is 26.1 Å². The zero-order valence-electron chi connectivity index (χ0n) is 20.2. The summed E-state index contributed by atoms with van der Waals surface area (Å²) in [6, 6.07) is 5.35. The van der Waals surface area contributed by atoms with Crippen LogP contribution in [0.3, 0.4) is 0 Å². The summed E-state index contributed by atoms with van der Waals surface area (Å²) in [5.74, 6) is 2.47. The number of methoxy groups -OCH3 is 3. The molecule has 4 heterocycles. The minimum absolute atomic E-state index is 0.0137. The van der Waals surface area contributed by atoms with Gasteiger partial charge in [0.05, 0.1) is 26.4 Å². The van der Waals surface area contributed by atoms with Gasteiger partial charge in [0.1, 0.15) is 17.8 Å². The second-order valence-electron chi connectivity index (χ2n) is 7.46. The molecule has 14 heteroatoms. The lowest BCUT2D eigenvalue weighted by atomic mass is 10.1. The van der Waals surface area contributed by atoms with Gasteiger partial charge in [0, 0.05) is 29.6 Å². The zero-order valence-corrected chi connectivity index (χ0v) is 21.8. The van der Waals surface area contributed by atoms with Crippen LogP contribution in [0.1, 0.15) is 25.6 Å². The Morgan fingerprint density at radius 3 is 2.28 bits per heavy atom. The Labute approximate surface area is 217 Å². The molecule has 2 atom stereocenters. The van der Waals surface area contributed by atoms with Crippen molar-refractivity contribution in [2.45, 2.75) is 25.0 Å². The Balaban J connectivity index is 1.73. The van der Waals surface area contributed by atoms with Crippen molar-refractivity contribution in [1.29, 1.82) is 0 Å². The number of rotatable bonds is 10. The Morgan fingerprint density at radius 1 is 0.944 bits per heavy atom. The van der Waals surface area contributed by atoms with E-state index in [9.17, 15) is 0 Å². The van der Waals surface area contributed by atoms with Gasteiger partial charge in [-0.1, -0.05) is 31.5 Å². The maximum absolute atomic E-state index is 5.93. The number of aromatic nitrogens is 8. The average Bonchev–Trinajstić information content (AvgIpc) is 3.34. The summed E-state index contributed by atoms with van der Waals surface area (Å²) in [5, 5.41) is 9.31. The number of ether oxygens (including phenoxy) is 3. The molecule has 0 spiro atoms. The molecule has 0 aliphatic carbocycles. The van der Waals surface area contributed by atoms with Crippen molar-refractivity contribution in [3.8, 4) is 34.8 Å². The summed E-state index contributed by atoms with van der Waals surface area (Å²) in [6.07, 6.45) is 4.53. The molecule has 2 unspecified atom stereocenters. The highest BCUT2D eigenvalue weighted by Crippen LogP contribution is 2.36. The highest BCUT2D eigenvalue weighted by atomic mass is 35.5. The average molecular weight is 530 g/mol. The summed E-state index contributed by atoms with van der Waals surface area (Å²) < 4.78 is 21.3. The number of anilines is 1. The number of halogens is 1. The highest BCUT2D eigenvalue weighted by Gasteiger charge is 2.26. The lowest BCUT2D eigenvalue weighted by Crippen LogP contribution is -2.15. The summed E-state index contributed by atoms with van der Waals surface area (Å²) >= 11 is 7.36. The molecule has 0 amide bonds. The van der Waals surface area contributed by atoms with E-state index in [0.717, 1.165) is 0 Å². The van der Waals surface area contributed by atoms with Crippen LogP contribution >= 0.6 is 23.5 Å². The quantitative estimate of drug-likeness (QED) is 0.299. The van der Waals surface area contributed by atoms with Crippen LogP contribution in [0.4, 0.5) is 5.95 Å². The molecule has 0 aromatic carbocycles. The number of hydrogen-bond acceptors (Lipinski definition) is 12. The van der Waals surface area contributed by atoms with Gasteiger partial charge >= 0.3 is 0 Å². The predicted molar refractivity (Wildman–Crippen MR) is 136 cm³/mol.